The van der Waals surface area contributed by atoms with Gasteiger partial charge in [0.2, 0.25) is 0 Å². The second kappa shape index (κ2) is 3.43. The first-order valence-electron chi connectivity index (χ1n) is 4.95. The average molecular weight is 183 g/mol. The van der Waals surface area contributed by atoms with E-state index in [2.05, 4.69) is 45.3 Å². The highest BCUT2D eigenvalue weighted by molar-refractivity contribution is 5.20. The molecule has 0 bridgehead atoms. The summed E-state index contributed by atoms with van der Waals surface area (Å²) in [6.45, 7) is 8.97. The van der Waals surface area contributed by atoms with Crippen molar-refractivity contribution in [1.29, 1.82) is 0 Å². The van der Waals surface area contributed by atoms with Crippen molar-refractivity contribution in [2.24, 2.45) is 10.8 Å². The predicted octanol–water partition coefficient (Wildman–Crippen LogP) is 2.52. The molecule has 1 aliphatic rings. The van der Waals surface area contributed by atoms with E-state index < -0.39 is 0 Å². The fourth-order valence-corrected chi connectivity index (χ4v) is 2.17. The van der Waals surface area contributed by atoms with Crippen LogP contribution in [0.5, 0.6) is 0 Å². The van der Waals surface area contributed by atoms with Crippen LogP contribution >= 0.6 is 0 Å². The molecule has 0 heterocycles. The zero-order valence-corrected chi connectivity index (χ0v) is 9.35. The van der Waals surface area contributed by atoms with Crippen LogP contribution in [-0.2, 0) is 4.84 Å². The average Bonchev–Trinajstić information content (AvgIpc) is 2.31. The minimum atomic E-state index is 0.181. The Hall–Kier alpha value is -0.340. The second-order valence-corrected chi connectivity index (χ2v) is 4.77. The molecule has 0 saturated heterocycles. The van der Waals surface area contributed by atoms with Crippen molar-refractivity contribution < 1.29 is 4.84 Å². The summed E-state index contributed by atoms with van der Waals surface area (Å²) in [5, 5.41) is 0. The minimum absolute atomic E-state index is 0.181. The van der Waals surface area contributed by atoms with E-state index in [9.17, 15) is 0 Å². The van der Waals surface area contributed by atoms with E-state index in [4.69, 9.17) is 4.84 Å². The van der Waals surface area contributed by atoms with E-state index >= 15 is 0 Å². The molecule has 76 valence electrons. The van der Waals surface area contributed by atoms with Gasteiger partial charge in [-0.1, -0.05) is 39.8 Å². The van der Waals surface area contributed by atoms with E-state index in [1.54, 1.807) is 7.11 Å². The summed E-state index contributed by atoms with van der Waals surface area (Å²) in [6, 6.07) is 0.370. The second-order valence-electron chi connectivity index (χ2n) is 4.77. The highest BCUT2D eigenvalue weighted by Gasteiger charge is 2.44. The van der Waals surface area contributed by atoms with Gasteiger partial charge >= 0.3 is 0 Å². The van der Waals surface area contributed by atoms with Gasteiger partial charge in [-0.3, -0.25) is 0 Å². The lowest BCUT2D eigenvalue weighted by Gasteiger charge is -2.37. The molecule has 0 saturated carbocycles. The lowest BCUT2D eigenvalue weighted by molar-refractivity contribution is -0.000544. The summed E-state index contributed by atoms with van der Waals surface area (Å²) in [5.41, 5.74) is 3.52. The third kappa shape index (κ3) is 1.79. The Bertz CT molecular complexity index is 210. The van der Waals surface area contributed by atoms with E-state index in [-0.39, 0.29) is 10.8 Å². The summed E-state index contributed by atoms with van der Waals surface area (Å²) in [6.07, 6.45) is 5.73. The van der Waals surface area contributed by atoms with Crippen LogP contribution in [-0.4, -0.2) is 13.2 Å². The van der Waals surface area contributed by atoms with Gasteiger partial charge in [0.15, 0.2) is 0 Å². The highest BCUT2D eigenvalue weighted by atomic mass is 16.6. The van der Waals surface area contributed by atoms with Crippen molar-refractivity contribution >= 4 is 0 Å². The number of hydrogen-bond donors (Lipinski definition) is 1. The number of hydroxylamine groups is 1. The quantitative estimate of drug-likeness (QED) is 0.536. The topological polar surface area (TPSA) is 21.3 Å². The molecule has 2 unspecified atom stereocenters. The van der Waals surface area contributed by atoms with Crippen LogP contribution in [0.4, 0.5) is 0 Å². The third-order valence-corrected chi connectivity index (χ3v) is 3.29. The number of hydrogen-bond acceptors (Lipinski definition) is 2. The van der Waals surface area contributed by atoms with E-state index in [0.717, 1.165) is 6.42 Å². The van der Waals surface area contributed by atoms with Gasteiger partial charge in [-0.15, -0.1) is 0 Å². The third-order valence-electron chi connectivity index (χ3n) is 3.29. The molecule has 13 heavy (non-hydrogen) atoms. The Labute approximate surface area is 81.3 Å². The molecular formula is C11H21NO. The van der Waals surface area contributed by atoms with Crippen molar-refractivity contribution in [3.63, 3.8) is 0 Å². The monoisotopic (exact) mass is 183 g/mol. The van der Waals surface area contributed by atoms with Crippen molar-refractivity contribution in [2.45, 2.75) is 40.2 Å². The van der Waals surface area contributed by atoms with Crippen LogP contribution in [0.3, 0.4) is 0 Å². The molecule has 0 aliphatic heterocycles. The lowest BCUT2D eigenvalue weighted by atomic mass is 9.75. The molecule has 0 radical (unpaired) electrons. The molecule has 2 heteroatoms. The first-order chi connectivity index (χ1) is 5.96. The molecule has 0 aromatic rings. The van der Waals surface area contributed by atoms with Crippen molar-refractivity contribution in [3.8, 4) is 0 Å². The smallest absolute Gasteiger partial charge is 0.0572 e. The van der Waals surface area contributed by atoms with Gasteiger partial charge in [0.25, 0.3) is 0 Å². The first-order valence-corrected chi connectivity index (χ1v) is 4.95. The summed E-state index contributed by atoms with van der Waals surface area (Å²) in [5.74, 6) is 0. The molecule has 0 aromatic carbocycles. The fraction of sp³-hybridized carbons (Fsp3) is 0.818. The largest absolute Gasteiger partial charge is 0.305 e. The van der Waals surface area contributed by atoms with Crippen LogP contribution in [0.15, 0.2) is 12.2 Å². The maximum Gasteiger partial charge on any atom is 0.0572 e. The van der Waals surface area contributed by atoms with Crippen LogP contribution < -0.4 is 5.48 Å². The van der Waals surface area contributed by atoms with Gasteiger partial charge in [-0.2, -0.15) is 5.48 Å². The zero-order chi connectivity index (χ0) is 10.1. The van der Waals surface area contributed by atoms with Gasteiger partial charge in [0.05, 0.1) is 7.11 Å². The fourth-order valence-electron chi connectivity index (χ4n) is 2.17. The Morgan fingerprint density at radius 3 is 2.38 bits per heavy atom. The van der Waals surface area contributed by atoms with Gasteiger partial charge in [-0.25, -0.2) is 0 Å². The van der Waals surface area contributed by atoms with Crippen LogP contribution in [0.1, 0.15) is 34.1 Å². The molecule has 0 aromatic heterocycles. The molecule has 0 amide bonds. The lowest BCUT2D eigenvalue weighted by Crippen LogP contribution is -2.47. The predicted molar refractivity (Wildman–Crippen MR) is 55.3 cm³/mol. The van der Waals surface area contributed by atoms with E-state index in [1.165, 1.54) is 0 Å². The number of nitrogens with one attached hydrogen (secondary N) is 1. The molecule has 2 nitrogen and oxygen atoms in total. The molecule has 0 spiro atoms. The highest BCUT2D eigenvalue weighted by Crippen LogP contribution is 2.45. The Morgan fingerprint density at radius 1 is 1.31 bits per heavy atom. The van der Waals surface area contributed by atoms with Crippen molar-refractivity contribution in [3.05, 3.63) is 12.2 Å². The summed E-state index contributed by atoms with van der Waals surface area (Å²) in [4.78, 5) is 5.07. The molecule has 2 atom stereocenters. The van der Waals surface area contributed by atoms with Gasteiger partial charge in [0, 0.05) is 16.9 Å². The molecule has 1 aliphatic carbocycles. The normalized spacial score (nSPS) is 36.8. The van der Waals surface area contributed by atoms with Crippen LogP contribution in [0.25, 0.3) is 0 Å². The molecular weight excluding hydrogens is 162 g/mol. The van der Waals surface area contributed by atoms with E-state index in [0.29, 0.717) is 6.04 Å². The molecule has 0 fully saturated rings. The first kappa shape index (κ1) is 10.7. The van der Waals surface area contributed by atoms with E-state index in [1.807, 2.05) is 0 Å². The Balaban J connectivity index is 2.85. The summed E-state index contributed by atoms with van der Waals surface area (Å²) < 4.78 is 0. The SMILES string of the molecule is CCC1(C)C=CC(C)(C)C1NOC. The zero-order valence-electron chi connectivity index (χ0n) is 9.35. The standard InChI is InChI=1S/C11H21NO/c1-6-11(4)8-7-10(2,3)9(11)12-13-5/h7-9,12H,6H2,1-5H3. The Morgan fingerprint density at radius 2 is 1.92 bits per heavy atom. The maximum absolute atomic E-state index is 5.07. The van der Waals surface area contributed by atoms with Crippen molar-refractivity contribution in [1.82, 2.24) is 5.48 Å². The maximum atomic E-state index is 5.07. The van der Waals surface area contributed by atoms with Crippen LogP contribution in [0.2, 0.25) is 0 Å². The van der Waals surface area contributed by atoms with Gasteiger partial charge < -0.3 is 4.84 Å². The number of rotatable bonds is 3. The summed E-state index contributed by atoms with van der Waals surface area (Å²) >= 11 is 0. The van der Waals surface area contributed by atoms with Gasteiger partial charge in [-0.05, 0) is 6.42 Å². The summed E-state index contributed by atoms with van der Waals surface area (Å²) in [7, 11) is 1.68. The Kier molecular flexibility index (Phi) is 2.83. The minimum Gasteiger partial charge on any atom is -0.305 e. The van der Waals surface area contributed by atoms with Crippen LogP contribution in [0, 0.1) is 10.8 Å². The van der Waals surface area contributed by atoms with Crippen molar-refractivity contribution in [2.75, 3.05) is 7.11 Å². The van der Waals surface area contributed by atoms with Gasteiger partial charge in [0.1, 0.15) is 0 Å². The molecule has 1 N–H and O–H groups in total. The molecule has 1 rings (SSSR count).